The standard InChI is InChI=1S/C17H21N3O2S/c21-17(10-15-11-18-6-8-22-15)20(13-16-19-7-9-23-16)12-14-4-2-1-3-5-14/h1-5,7,9,15,18H,6,8,10-13H2/t15-/m1/s1. The maximum Gasteiger partial charge on any atom is 0.225 e. The molecule has 1 N–H and O–H groups in total. The molecule has 1 fully saturated rings. The third kappa shape index (κ3) is 4.86. The molecule has 3 rings (SSSR count). The summed E-state index contributed by atoms with van der Waals surface area (Å²) in [6.45, 7) is 3.41. The third-order valence-electron chi connectivity index (χ3n) is 3.79. The van der Waals surface area contributed by atoms with Gasteiger partial charge >= 0.3 is 0 Å². The maximum atomic E-state index is 12.7. The highest BCUT2D eigenvalue weighted by molar-refractivity contribution is 7.09. The van der Waals surface area contributed by atoms with Crippen molar-refractivity contribution in [3.63, 3.8) is 0 Å². The van der Waals surface area contributed by atoms with Crippen LogP contribution in [0.25, 0.3) is 0 Å². The summed E-state index contributed by atoms with van der Waals surface area (Å²) in [6, 6.07) is 10.1. The number of amides is 1. The lowest BCUT2D eigenvalue weighted by Crippen LogP contribution is -2.42. The molecule has 0 spiro atoms. The third-order valence-corrected chi connectivity index (χ3v) is 4.55. The van der Waals surface area contributed by atoms with Crippen molar-refractivity contribution in [2.75, 3.05) is 19.7 Å². The Balaban J connectivity index is 1.66. The van der Waals surface area contributed by atoms with Gasteiger partial charge in [-0.3, -0.25) is 4.79 Å². The van der Waals surface area contributed by atoms with Gasteiger partial charge in [-0.25, -0.2) is 4.98 Å². The van der Waals surface area contributed by atoms with Crippen molar-refractivity contribution in [2.45, 2.75) is 25.6 Å². The number of ether oxygens (including phenoxy) is 1. The fourth-order valence-corrected chi connectivity index (χ4v) is 3.24. The van der Waals surface area contributed by atoms with Gasteiger partial charge in [0.05, 0.1) is 25.7 Å². The number of aromatic nitrogens is 1. The lowest BCUT2D eigenvalue weighted by molar-refractivity contribution is -0.136. The predicted octanol–water partition coefficient (Wildman–Crippen LogP) is 2.05. The van der Waals surface area contributed by atoms with Crippen LogP contribution in [0.2, 0.25) is 0 Å². The molecule has 1 atom stereocenters. The lowest BCUT2D eigenvalue weighted by Gasteiger charge is -2.27. The van der Waals surface area contributed by atoms with Crippen molar-refractivity contribution in [3.05, 3.63) is 52.5 Å². The highest BCUT2D eigenvalue weighted by atomic mass is 32.1. The zero-order valence-corrected chi connectivity index (χ0v) is 13.8. The van der Waals surface area contributed by atoms with E-state index in [1.54, 1.807) is 17.5 Å². The fraction of sp³-hybridized carbons (Fsp3) is 0.412. The van der Waals surface area contributed by atoms with Gasteiger partial charge in [0.2, 0.25) is 5.91 Å². The first-order valence-corrected chi connectivity index (χ1v) is 8.71. The van der Waals surface area contributed by atoms with Crippen LogP contribution in [0, 0.1) is 0 Å². The van der Waals surface area contributed by atoms with Crippen LogP contribution in [0.4, 0.5) is 0 Å². The van der Waals surface area contributed by atoms with Gasteiger partial charge in [-0.2, -0.15) is 0 Å². The Kier molecular flexibility index (Phi) is 5.74. The quantitative estimate of drug-likeness (QED) is 0.880. The molecule has 0 radical (unpaired) electrons. The van der Waals surface area contributed by atoms with Crippen LogP contribution in [0.5, 0.6) is 0 Å². The molecular formula is C17H21N3O2S. The minimum atomic E-state index is -0.0363. The summed E-state index contributed by atoms with van der Waals surface area (Å²) in [5, 5.41) is 6.16. The van der Waals surface area contributed by atoms with E-state index >= 15 is 0 Å². The summed E-state index contributed by atoms with van der Waals surface area (Å²) >= 11 is 1.58. The number of morpholine rings is 1. The zero-order valence-electron chi connectivity index (χ0n) is 13.0. The predicted molar refractivity (Wildman–Crippen MR) is 90.0 cm³/mol. The Labute approximate surface area is 140 Å². The number of nitrogens with one attached hydrogen (secondary N) is 1. The van der Waals surface area contributed by atoms with Crippen LogP contribution in [-0.2, 0) is 22.6 Å². The normalized spacial score (nSPS) is 17.8. The maximum absolute atomic E-state index is 12.7. The Hall–Kier alpha value is -1.76. The van der Waals surface area contributed by atoms with E-state index in [4.69, 9.17) is 4.74 Å². The van der Waals surface area contributed by atoms with Gasteiger partial charge in [-0.15, -0.1) is 11.3 Å². The second-order valence-corrected chi connectivity index (χ2v) is 6.54. The van der Waals surface area contributed by atoms with E-state index in [9.17, 15) is 4.79 Å². The molecule has 1 aliphatic heterocycles. The molecule has 1 amide bonds. The monoisotopic (exact) mass is 331 g/mol. The topological polar surface area (TPSA) is 54.5 Å². The van der Waals surface area contributed by atoms with E-state index < -0.39 is 0 Å². The summed E-state index contributed by atoms with van der Waals surface area (Å²) < 4.78 is 5.66. The van der Waals surface area contributed by atoms with Crippen molar-refractivity contribution in [3.8, 4) is 0 Å². The number of hydrogen-bond donors (Lipinski definition) is 1. The fourth-order valence-electron chi connectivity index (χ4n) is 2.61. The molecule has 1 aliphatic rings. The smallest absolute Gasteiger partial charge is 0.225 e. The van der Waals surface area contributed by atoms with Crippen molar-refractivity contribution in [1.29, 1.82) is 0 Å². The SMILES string of the molecule is O=C(C[C@@H]1CNCCO1)N(Cc1ccccc1)Cc1nccs1. The van der Waals surface area contributed by atoms with Gasteiger partial charge in [0.25, 0.3) is 0 Å². The summed E-state index contributed by atoms with van der Waals surface area (Å²) in [5.74, 6) is 0.109. The van der Waals surface area contributed by atoms with Crippen LogP contribution in [0.1, 0.15) is 17.0 Å². The first-order valence-electron chi connectivity index (χ1n) is 7.83. The summed E-state index contributed by atoms with van der Waals surface area (Å²) in [6.07, 6.45) is 2.15. The van der Waals surface area contributed by atoms with E-state index in [1.165, 1.54) is 0 Å². The zero-order chi connectivity index (χ0) is 15.9. The molecule has 2 aromatic rings. The molecule has 6 heteroatoms. The number of rotatable bonds is 6. The lowest BCUT2D eigenvalue weighted by atomic mass is 10.1. The van der Waals surface area contributed by atoms with E-state index in [-0.39, 0.29) is 12.0 Å². The number of hydrogen-bond acceptors (Lipinski definition) is 5. The van der Waals surface area contributed by atoms with E-state index in [1.807, 2.05) is 40.6 Å². The van der Waals surface area contributed by atoms with Gasteiger partial charge in [-0.05, 0) is 5.56 Å². The van der Waals surface area contributed by atoms with Crippen LogP contribution in [-0.4, -0.2) is 41.6 Å². The number of carbonyl (C=O) groups is 1. The largest absolute Gasteiger partial charge is 0.375 e. The molecular weight excluding hydrogens is 310 g/mol. The van der Waals surface area contributed by atoms with Gasteiger partial charge in [0, 0.05) is 31.2 Å². The highest BCUT2D eigenvalue weighted by Crippen LogP contribution is 2.15. The van der Waals surface area contributed by atoms with E-state index in [0.717, 1.165) is 23.7 Å². The van der Waals surface area contributed by atoms with Crippen LogP contribution in [0.3, 0.4) is 0 Å². The number of nitrogens with zero attached hydrogens (tertiary/aromatic N) is 2. The molecule has 1 saturated heterocycles. The minimum absolute atomic E-state index is 0.0363. The second-order valence-electron chi connectivity index (χ2n) is 5.56. The van der Waals surface area contributed by atoms with Crippen LogP contribution in [0.15, 0.2) is 41.9 Å². The second kappa shape index (κ2) is 8.19. The van der Waals surface area contributed by atoms with E-state index in [0.29, 0.717) is 26.1 Å². The minimum Gasteiger partial charge on any atom is -0.375 e. The Morgan fingerprint density at radius 2 is 2.22 bits per heavy atom. The average Bonchev–Trinajstić information content (AvgIpc) is 3.09. The van der Waals surface area contributed by atoms with Crippen molar-refractivity contribution < 1.29 is 9.53 Å². The summed E-state index contributed by atoms with van der Waals surface area (Å²) in [7, 11) is 0. The molecule has 122 valence electrons. The van der Waals surface area contributed by atoms with Crippen molar-refractivity contribution in [1.82, 2.24) is 15.2 Å². The Bertz CT molecular complexity index is 598. The summed E-state index contributed by atoms with van der Waals surface area (Å²) in [5.41, 5.74) is 1.13. The van der Waals surface area contributed by atoms with Crippen LogP contribution >= 0.6 is 11.3 Å². The highest BCUT2D eigenvalue weighted by Gasteiger charge is 2.22. The number of thiazole rings is 1. The Morgan fingerprint density at radius 3 is 2.91 bits per heavy atom. The number of carbonyl (C=O) groups excluding carboxylic acids is 1. The first kappa shape index (κ1) is 16.1. The molecule has 2 heterocycles. The molecule has 5 nitrogen and oxygen atoms in total. The van der Waals surface area contributed by atoms with Crippen molar-refractivity contribution >= 4 is 17.2 Å². The van der Waals surface area contributed by atoms with Gasteiger partial charge in [0.15, 0.2) is 0 Å². The molecule has 1 aromatic carbocycles. The Morgan fingerprint density at radius 1 is 1.35 bits per heavy atom. The first-order chi connectivity index (χ1) is 11.3. The van der Waals surface area contributed by atoms with Gasteiger partial charge < -0.3 is 15.0 Å². The molecule has 1 aromatic heterocycles. The van der Waals surface area contributed by atoms with Crippen LogP contribution < -0.4 is 5.32 Å². The summed E-state index contributed by atoms with van der Waals surface area (Å²) in [4.78, 5) is 18.9. The van der Waals surface area contributed by atoms with Gasteiger partial charge in [0.1, 0.15) is 5.01 Å². The average molecular weight is 331 g/mol. The molecule has 23 heavy (non-hydrogen) atoms. The molecule has 0 aliphatic carbocycles. The number of benzene rings is 1. The van der Waals surface area contributed by atoms with Gasteiger partial charge in [-0.1, -0.05) is 30.3 Å². The molecule has 0 bridgehead atoms. The molecule has 0 saturated carbocycles. The van der Waals surface area contributed by atoms with Crippen molar-refractivity contribution in [2.24, 2.45) is 0 Å². The molecule has 0 unspecified atom stereocenters. The van der Waals surface area contributed by atoms with E-state index in [2.05, 4.69) is 10.3 Å².